The van der Waals surface area contributed by atoms with E-state index >= 15 is 0 Å². The van der Waals surface area contributed by atoms with Gasteiger partial charge < -0.3 is 23.7 Å². The Balaban J connectivity index is 1.52. The quantitative estimate of drug-likeness (QED) is 0.368. The predicted octanol–water partition coefficient (Wildman–Crippen LogP) is 5.82. The van der Waals surface area contributed by atoms with Crippen LogP contribution in [0.15, 0.2) is 96.8 Å². The lowest BCUT2D eigenvalue weighted by molar-refractivity contribution is -0.110. The fourth-order valence-corrected chi connectivity index (χ4v) is 3.72. The highest BCUT2D eigenvalue weighted by molar-refractivity contribution is 5.32. The summed E-state index contributed by atoms with van der Waals surface area (Å²) in [6.45, 7) is 3.20. The molecule has 172 valence electrons. The van der Waals surface area contributed by atoms with Crippen LogP contribution in [-0.2, 0) is 32.2 Å². The first-order chi connectivity index (χ1) is 16.2. The Morgan fingerprint density at radius 2 is 1.39 bits per heavy atom. The average Bonchev–Trinajstić information content (AvgIpc) is 2.87. The van der Waals surface area contributed by atoms with Crippen molar-refractivity contribution < 1.29 is 23.7 Å². The molecular weight excluding hydrogens is 416 g/mol. The number of methoxy groups -OCH3 is 1. The third kappa shape index (κ3) is 6.45. The maximum Gasteiger partial charge on any atom is 0.188 e. The molecule has 0 spiro atoms. The summed E-state index contributed by atoms with van der Waals surface area (Å²) >= 11 is 0. The molecule has 33 heavy (non-hydrogen) atoms. The maximum absolute atomic E-state index is 6.33. The van der Waals surface area contributed by atoms with Crippen LogP contribution in [0.1, 0.15) is 29.7 Å². The van der Waals surface area contributed by atoms with Crippen molar-refractivity contribution in [2.24, 2.45) is 0 Å². The molecule has 0 aliphatic carbocycles. The van der Waals surface area contributed by atoms with Crippen LogP contribution in [0.25, 0.3) is 0 Å². The molecule has 0 unspecified atom stereocenters. The van der Waals surface area contributed by atoms with E-state index in [-0.39, 0.29) is 25.1 Å². The second-order valence-corrected chi connectivity index (χ2v) is 7.94. The highest BCUT2D eigenvalue weighted by Crippen LogP contribution is 2.33. The number of rotatable bonds is 10. The molecule has 0 N–H and O–H groups in total. The smallest absolute Gasteiger partial charge is 0.188 e. The van der Waals surface area contributed by atoms with Crippen LogP contribution in [0.5, 0.6) is 5.75 Å². The molecule has 1 heterocycles. The molecule has 3 aromatic rings. The van der Waals surface area contributed by atoms with Crippen LogP contribution in [0, 0.1) is 0 Å². The Hall–Kier alpha value is -3.12. The van der Waals surface area contributed by atoms with Gasteiger partial charge in [-0.05, 0) is 41.8 Å². The van der Waals surface area contributed by atoms with Gasteiger partial charge in [-0.25, -0.2) is 0 Å². The van der Waals surface area contributed by atoms with Gasteiger partial charge >= 0.3 is 0 Å². The lowest BCUT2D eigenvalue weighted by Crippen LogP contribution is -2.36. The van der Waals surface area contributed by atoms with E-state index in [0.29, 0.717) is 13.2 Å². The number of benzene rings is 3. The first kappa shape index (κ1) is 23.1. The number of hydrogen-bond donors (Lipinski definition) is 0. The molecule has 0 amide bonds. The minimum Gasteiger partial charge on any atom is -0.491 e. The zero-order valence-electron chi connectivity index (χ0n) is 19.1. The average molecular weight is 447 g/mol. The second-order valence-electron chi connectivity index (χ2n) is 7.94. The lowest BCUT2D eigenvalue weighted by atomic mass is 10.0. The van der Waals surface area contributed by atoms with Gasteiger partial charge in [-0.1, -0.05) is 72.8 Å². The van der Waals surface area contributed by atoms with E-state index in [1.54, 1.807) is 7.11 Å². The first-order valence-corrected chi connectivity index (χ1v) is 11.1. The van der Waals surface area contributed by atoms with Gasteiger partial charge in [-0.3, -0.25) is 0 Å². The molecule has 0 fully saturated rings. The highest BCUT2D eigenvalue weighted by Gasteiger charge is 2.33. The Kier molecular flexibility index (Phi) is 8.14. The van der Waals surface area contributed by atoms with Crippen molar-refractivity contribution in [1.29, 1.82) is 0 Å². The fraction of sp³-hybridized carbons (Fsp3) is 0.286. The van der Waals surface area contributed by atoms with Crippen molar-refractivity contribution in [2.45, 2.75) is 38.4 Å². The highest BCUT2D eigenvalue weighted by atomic mass is 16.7. The number of hydrogen-bond acceptors (Lipinski definition) is 5. The minimum absolute atomic E-state index is 0.182. The van der Waals surface area contributed by atoms with Crippen LogP contribution >= 0.6 is 0 Å². The second kappa shape index (κ2) is 11.7. The summed E-state index contributed by atoms with van der Waals surface area (Å²) in [6, 6.07) is 28.1. The zero-order chi connectivity index (χ0) is 22.9. The molecule has 3 aromatic carbocycles. The molecule has 5 nitrogen and oxygen atoms in total. The first-order valence-electron chi connectivity index (χ1n) is 11.1. The fourth-order valence-electron chi connectivity index (χ4n) is 3.72. The van der Waals surface area contributed by atoms with Gasteiger partial charge in [0.05, 0.1) is 12.7 Å². The van der Waals surface area contributed by atoms with Gasteiger partial charge in [0.15, 0.2) is 6.79 Å². The summed E-state index contributed by atoms with van der Waals surface area (Å²) in [5.41, 5.74) is 3.24. The molecule has 4 rings (SSSR count). The summed E-state index contributed by atoms with van der Waals surface area (Å²) in [5, 5.41) is 0. The van der Waals surface area contributed by atoms with E-state index in [9.17, 15) is 0 Å². The van der Waals surface area contributed by atoms with E-state index in [1.165, 1.54) is 0 Å². The van der Waals surface area contributed by atoms with E-state index in [4.69, 9.17) is 23.7 Å². The monoisotopic (exact) mass is 446 g/mol. The van der Waals surface area contributed by atoms with Crippen molar-refractivity contribution in [3.05, 3.63) is 113 Å². The van der Waals surface area contributed by atoms with Gasteiger partial charge in [0.1, 0.15) is 30.3 Å². The van der Waals surface area contributed by atoms with Gasteiger partial charge in [0, 0.05) is 7.11 Å². The van der Waals surface area contributed by atoms with Gasteiger partial charge in [-0.15, -0.1) is 0 Å². The van der Waals surface area contributed by atoms with Crippen molar-refractivity contribution in [2.75, 3.05) is 13.9 Å². The van der Waals surface area contributed by atoms with Crippen LogP contribution in [0.4, 0.5) is 0 Å². The minimum atomic E-state index is -0.297. The summed E-state index contributed by atoms with van der Waals surface area (Å²) in [7, 11) is 1.60. The summed E-state index contributed by atoms with van der Waals surface area (Å²) < 4.78 is 29.4. The molecule has 0 radical (unpaired) electrons. The molecule has 0 aromatic heterocycles. The van der Waals surface area contributed by atoms with Crippen molar-refractivity contribution in [1.82, 2.24) is 0 Å². The summed E-state index contributed by atoms with van der Waals surface area (Å²) in [5.74, 6) is 1.54. The Morgan fingerprint density at radius 3 is 2.03 bits per heavy atom. The predicted molar refractivity (Wildman–Crippen MR) is 127 cm³/mol. The maximum atomic E-state index is 6.33. The Morgan fingerprint density at radius 1 is 0.758 bits per heavy atom. The van der Waals surface area contributed by atoms with Crippen LogP contribution < -0.4 is 4.74 Å². The van der Waals surface area contributed by atoms with Crippen molar-refractivity contribution >= 4 is 0 Å². The van der Waals surface area contributed by atoms with Gasteiger partial charge in [0.2, 0.25) is 0 Å². The molecule has 1 aliphatic heterocycles. The molecule has 3 atom stereocenters. The largest absolute Gasteiger partial charge is 0.491 e. The Bertz CT molecular complexity index is 1000. The van der Waals surface area contributed by atoms with Crippen LogP contribution in [0.3, 0.4) is 0 Å². The molecule has 0 saturated carbocycles. The number of ether oxygens (including phenoxy) is 5. The molecule has 1 aliphatic rings. The molecule has 5 heteroatoms. The summed E-state index contributed by atoms with van der Waals surface area (Å²) in [6.07, 6.45) is 1.30. The van der Waals surface area contributed by atoms with Crippen LogP contribution in [-0.4, -0.2) is 26.1 Å². The normalized spacial score (nSPS) is 20.2. The Labute approximate surface area is 195 Å². The standard InChI is InChI=1S/C28H30O5/c1-21-28(31-19-23-11-7-4-8-12-23)27(30-18-22-9-5-3-6-10-22)17-26(33-21)24-13-15-25(16-14-24)32-20-29-2/h3-17,21,26,28H,18-20H2,1-2H3/t21-,26-,28-/m1/s1. The third-order valence-electron chi connectivity index (χ3n) is 5.46. The molecular formula is C28H30O5. The van der Waals surface area contributed by atoms with Gasteiger partial charge in [0.25, 0.3) is 0 Å². The topological polar surface area (TPSA) is 46.2 Å². The van der Waals surface area contributed by atoms with Crippen molar-refractivity contribution in [3.8, 4) is 5.75 Å². The van der Waals surface area contributed by atoms with Gasteiger partial charge in [-0.2, -0.15) is 0 Å². The SMILES string of the molecule is COCOc1ccc([C@H]2C=C(OCc3ccccc3)[C@H](OCc3ccccc3)[C@@H](C)O2)cc1. The molecule has 0 saturated heterocycles. The van der Waals surface area contributed by atoms with E-state index in [2.05, 4.69) is 24.3 Å². The van der Waals surface area contributed by atoms with E-state index < -0.39 is 0 Å². The summed E-state index contributed by atoms with van der Waals surface area (Å²) in [4.78, 5) is 0. The van der Waals surface area contributed by atoms with E-state index in [0.717, 1.165) is 28.2 Å². The van der Waals surface area contributed by atoms with E-state index in [1.807, 2.05) is 73.7 Å². The third-order valence-corrected chi connectivity index (χ3v) is 5.46. The molecule has 0 bridgehead atoms. The lowest BCUT2D eigenvalue weighted by Gasteiger charge is -2.34. The van der Waals surface area contributed by atoms with Crippen LogP contribution in [0.2, 0.25) is 0 Å². The zero-order valence-corrected chi connectivity index (χ0v) is 19.1. The van der Waals surface area contributed by atoms with Crippen molar-refractivity contribution in [3.63, 3.8) is 0 Å².